The predicted molar refractivity (Wildman–Crippen MR) is 127 cm³/mol. The van der Waals surface area contributed by atoms with Crippen LogP contribution in [0.1, 0.15) is 35.8 Å². The van der Waals surface area contributed by atoms with Crippen molar-refractivity contribution in [2.75, 3.05) is 44.0 Å². The summed E-state index contributed by atoms with van der Waals surface area (Å²) in [6, 6.07) is 10.5. The van der Waals surface area contributed by atoms with Crippen LogP contribution >= 0.6 is 0 Å². The molecule has 0 aliphatic carbocycles. The van der Waals surface area contributed by atoms with Crippen molar-refractivity contribution in [3.05, 3.63) is 69.6 Å². The number of nitrogens with zero attached hydrogens (tertiary/aromatic N) is 2. The number of hydrogen-bond donors (Lipinski definition) is 1. The number of fused-ring (bicyclic) bond motifs is 1. The second-order valence-electron chi connectivity index (χ2n) is 8.59. The first-order chi connectivity index (χ1) is 15.7. The third-order valence-corrected chi connectivity index (χ3v) is 5.74. The maximum Gasteiger partial charge on any atom is 0.253 e. The molecule has 0 spiro atoms. The van der Waals surface area contributed by atoms with E-state index in [1.54, 1.807) is 38.4 Å². The molecule has 7 nitrogen and oxygen atoms in total. The molecule has 33 heavy (non-hydrogen) atoms. The van der Waals surface area contributed by atoms with Crippen LogP contribution < -0.4 is 15.6 Å². The molecule has 0 saturated carbocycles. The van der Waals surface area contributed by atoms with Crippen LogP contribution in [-0.4, -0.2) is 50.7 Å². The van der Waals surface area contributed by atoms with E-state index in [0.29, 0.717) is 53.4 Å². The van der Waals surface area contributed by atoms with Gasteiger partial charge in [0.1, 0.15) is 11.4 Å². The van der Waals surface area contributed by atoms with Crippen LogP contribution in [0.3, 0.4) is 0 Å². The Morgan fingerprint density at radius 3 is 2.61 bits per heavy atom. The lowest BCUT2D eigenvalue weighted by Crippen LogP contribution is -2.41. The third-order valence-electron chi connectivity index (χ3n) is 5.74. The highest BCUT2D eigenvalue weighted by Gasteiger charge is 2.23. The van der Waals surface area contributed by atoms with Crippen molar-refractivity contribution in [1.29, 1.82) is 0 Å². The highest BCUT2D eigenvalue weighted by Crippen LogP contribution is 2.31. The molecule has 1 N–H and O–H groups in total. The van der Waals surface area contributed by atoms with Gasteiger partial charge in [-0.25, -0.2) is 4.39 Å². The summed E-state index contributed by atoms with van der Waals surface area (Å²) in [4.78, 5) is 29.3. The van der Waals surface area contributed by atoms with Gasteiger partial charge in [0.05, 0.1) is 24.1 Å². The summed E-state index contributed by atoms with van der Waals surface area (Å²) in [5.41, 5.74) is 1.99. The van der Waals surface area contributed by atoms with Crippen LogP contribution in [0.15, 0.2) is 51.7 Å². The number of morpholine rings is 1. The topological polar surface area (TPSA) is 75.0 Å². The summed E-state index contributed by atoms with van der Waals surface area (Å²) in [6.07, 6.45) is 0.0263. The molecule has 0 radical (unpaired) electrons. The fourth-order valence-electron chi connectivity index (χ4n) is 4.02. The first-order valence-electron chi connectivity index (χ1n) is 10.9. The first kappa shape index (κ1) is 22.8. The molecule has 2 aromatic carbocycles. The zero-order valence-corrected chi connectivity index (χ0v) is 19.2. The molecule has 1 aromatic heterocycles. The van der Waals surface area contributed by atoms with Crippen molar-refractivity contribution in [3.63, 3.8) is 0 Å². The Balaban J connectivity index is 1.83. The Morgan fingerprint density at radius 1 is 1.21 bits per heavy atom. The Kier molecular flexibility index (Phi) is 6.37. The van der Waals surface area contributed by atoms with Gasteiger partial charge in [0, 0.05) is 50.1 Å². The molecule has 2 atom stereocenters. The molecule has 1 saturated heterocycles. The summed E-state index contributed by atoms with van der Waals surface area (Å²) in [5, 5.41) is 3.65. The Morgan fingerprint density at radius 2 is 1.94 bits per heavy atom. The fourth-order valence-corrected chi connectivity index (χ4v) is 4.02. The van der Waals surface area contributed by atoms with Crippen molar-refractivity contribution >= 4 is 28.4 Å². The average molecular weight is 454 g/mol. The molecule has 0 bridgehead atoms. The highest BCUT2D eigenvalue weighted by molar-refractivity contribution is 5.98. The largest absolute Gasteiger partial charge is 0.440 e. The second kappa shape index (κ2) is 9.23. The van der Waals surface area contributed by atoms with Crippen molar-refractivity contribution in [1.82, 2.24) is 4.90 Å². The number of anilines is 2. The number of rotatable bonds is 5. The van der Waals surface area contributed by atoms with Crippen molar-refractivity contribution in [2.45, 2.75) is 26.0 Å². The molecule has 2 heterocycles. The van der Waals surface area contributed by atoms with Gasteiger partial charge >= 0.3 is 0 Å². The number of halogens is 1. The van der Waals surface area contributed by atoms with Gasteiger partial charge in [-0.1, -0.05) is 0 Å². The summed E-state index contributed by atoms with van der Waals surface area (Å²) >= 11 is 0. The standard InChI is InChI=1S/C25H28FN3O4/c1-15-14-29(9-10-32-15)23-13-22(30)21-12-17(25(31)28(3)4)11-20(24(21)33-23)16(2)27-19-7-5-18(26)6-8-19/h5-8,11-13,15-16,27H,9-10,14H2,1-4H3. The predicted octanol–water partition coefficient (Wildman–Crippen LogP) is 4.03. The maximum atomic E-state index is 13.3. The van der Waals surface area contributed by atoms with Gasteiger partial charge < -0.3 is 24.3 Å². The summed E-state index contributed by atoms with van der Waals surface area (Å²) in [5.74, 6) is -0.0604. The van der Waals surface area contributed by atoms with E-state index in [1.165, 1.54) is 23.1 Å². The van der Waals surface area contributed by atoms with Crippen LogP contribution in [0.5, 0.6) is 0 Å². The van der Waals surface area contributed by atoms with Gasteiger partial charge in [-0.15, -0.1) is 0 Å². The summed E-state index contributed by atoms with van der Waals surface area (Å²) in [7, 11) is 3.33. The first-order valence-corrected chi connectivity index (χ1v) is 10.9. The molecular weight excluding hydrogens is 425 g/mol. The lowest BCUT2D eigenvalue weighted by molar-refractivity contribution is 0.0517. The molecule has 1 aliphatic rings. The van der Waals surface area contributed by atoms with E-state index in [-0.39, 0.29) is 29.3 Å². The average Bonchev–Trinajstić information content (AvgIpc) is 2.79. The van der Waals surface area contributed by atoms with Gasteiger partial charge in [0.25, 0.3) is 5.91 Å². The van der Waals surface area contributed by atoms with Crippen molar-refractivity contribution in [2.24, 2.45) is 0 Å². The van der Waals surface area contributed by atoms with Crippen molar-refractivity contribution in [3.8, 4) is 0 Å². The number of ether oxygens (including phenoxy) is 1. The Labute approximate surface area is 191 Å². The monoisotopic (exact) mass is 453 g/mol. The molecule has 4 rings (SSSR count). The minimum atomic E-state index is -0.326. The summed E-state index contributed by atoms with van der Waals surface area (Å²) < 4.78 is 25.2. The Hall–Kier alpha value is -3.39. The second-order valence-corrected chi connectivity index (χ2v) is 8.59. The number of carbonyl (C=O) groups excluding carboxylic acids is 1. The third kappa shape index (κ3) is 4.85. The van der Waals surface area contributed by atoms with Crippen molar-refractivity contribution < 1.29 is 18.3 Å². The SMILES string of the molecule is CC1CN(c2cc(=O)c3cc(C(=O)N(C)C)cc(C(C)Nc4ccc(F)cc4)c3o2)CCO1. The molecule has 1 fully saturated rings. The normalized spacial score (nSPS) is 17.1. The molecule has 3 aromatic rings. The summed E-state index contributed by atoms with van der Waals surface area (Å²) in [6.45, 7) is 5.67. The maximum absolute atomic E-state index is 13.3. The van der Waals surface area contributed by atoms with Gasteiger partial charge in [0.15, 0.2) is 11.3 Å². The molecule has 2 unspecified atom stereocenters. The van der Waals surface area contributed by atoms with Gasteiger partial charge in [-0.3, -0.25) is 9.59 Å². The zero-order valence-electron chi connectivity index (χ0n) is 19.2. The van der Waals surface area contributed by atoms with Crippen LogP contribution in [0.2, 0.25) is 0 Å². The fraction of sp³-hybridized carbons (Fsp3) is 0.360. The zero-order chi connectivity index (χ0) is 23.7. The number of benzene rings is 2. The van der Waals surface area contributed by atoms with Gasteiger partial charge in [-0.2, -0.15) is 0 Å². The molecule has 8 heteroatoms. The van der Waals surface area contributed by atoms with E-state index < -0.39 is 0 Å². The van der Waals surface area contributed by atoms with E-state index in [9.17, 15) is 14.0 Å². The van der Waals surface area contributed by atoms with E-state index in [0.717, 1.165) is 0 Å². The van der Waals surface area contributed by atoms with Crippen LogP contribution in [-0.2, 0) is 4.74 Å². The van der Waals surface area contributed by atoms with Gasteiger partial charge in [0.2, 0.25) is 0 Å². The lowest BCUT2D eigenvalue weighted by atomic mass is 10.00. The molecule has 1 amide bonds. The van der Waals surface area contributed by atoms with Crippen LogP contribution in [0.25, 0.3) is 11.0 Å². The van der Waals surface area contributed by atoms with E-state index in [1.807, 2.05) is 18.7 Å². The quantitative estimate of drug-likeness (QED) is 0.629. The van der Waals surface area contributed by atoms with Gasteiger partial charge in [-0.05, 0) is 50.2 Å². The van der Waals surface area contributed by atoms with E-state index in [2.05, 4.69) is 5.32 Å². The number of hydrogen-bond acceptors (Lipinski definition) is 6. The molecular formula is C25H28FN3O4. The minimum Gasteiger partial charge on any atom is -0.440 e. The highest BCUT2D eigenvalue weighted by atomic mass is 19.1. The smallest absolute Gasteiger partial charge is 0.253 e. The van der Waals surface area contributed by atoms with E-state index in [4.69, 9.17) is 9.15 Å². The number of amides is 1. The van der Waals surface area contributed by atoms with Crippen LogP contribution in [0.4, 0.5) is 16.0 Å². The lowest BCUT2D eigenvalue weighted by Gasteiger charge is -2.31. The Bertz CT molecular complexity index is 1220. The molecule has 174 valence electrons. The number of carbonyl (C=O) groups is 1. The molecule has 1 aliphatic heterocycles. The number of nitrogens with one attached hydrogen (secondary N) is 1. The van der Waals surface area contributed by atoms with E-state index >= 15 is 0 Å². The minimum absolute atomic E-state index is 0.0263. The van der Waals surface area contributed by atoms with Crippen LogP contribution in [0, 0.1) is 5.82 Å².